The quantitative estimate of drug-likeness (QED) is 0.836. The highest BCUT2D eigenvalue weighted by atomic mass is 19.1. The first-order valence-electron chi connectivity index (χ1n) is 9.11. The third kappa shape index (κ3) is 4.43. The van der Waals surface area contributed by atoms with Crippen molar-refractivity contribution < 1.29 is 23.7 Å². The van der Waals surface area contributed by atoms with Crippen molar-refractivity contribution in [1.82, 2.24) is 4.90 Å². The van der Waals surface area contributed by atoms with Gasteiger partial charge in [-0.15, -0.1) is 0 Å². The molecule has 0 amide bonds. The molecule has 0 spiro atoms. The van der Waals surface area contributed by atoms with Crippen LogP contribution in [-0.4, -0.2) is 62.2 Å². The van der Waals surface area contributed by atoms with Gasteiger partial charge in [-0.3, -0.25) is 4.90 Å². The number of piperazine rings is 1. The zero-order valence-corrected chi connectivity index (χ0v) is 15.0. The lowest BCUT2D eigenvalue weighted by atomic mass is 10.2. The van der Waals surface area contributed by atoms with Gasteiger partial charge < -0.3 is 24.2 Å². The molecule has 144 valence electrons. The highest BCUT2D eigenvalue weighted by molar-refractivity contribution is 5.47. The number of aliphatic hydroxyl groups is 1. The standard InChI is InChI=1S/C20H23FN2O4/c21-15-1-3-16(4-2-15)23-9-7-22(8-10-23)12-17(24)13-25-18-5-6-19-20(11-18)27-14-26-19/h1-6,11,17,24H,7-10,12-14H2/t17-/m0/s1. The number of aliphatic hydroxyl groups excluding tert-OH is 1. The van der Waals surface area contributed by atoms with Crippen LogP contribution in [-0.2, 0) is 0 Å². The van der Waals surface area contributed by atoms with Crippen molar-refractivity contribution in [2.45, 2.75) is 6.10 Å². The predicted octanol–water partition coefficient (Wildman–Crippen LogP) is 2.12. The smallest absolute Gasteiger partial charge is 0.231 e. The van der Waals surface area contributed by atoms with Crippen LogP contribution in [0.2, 0.25) is 0 Å². The Hall–Kier alpha value is -2.51. The Balaban J connectivity index is 1.21. The molecule has 1 N–H and O–H groups in total. The summed E-state index contributed by atoms with van der Waals surface area (Å²) in [5.41, 5.74) is 1.03. The Morgan fingerprint density at radius 3 is 2.52 bits per heavy atom. The summed E-state index contributed by atoms with van der Waals surface area (Å²) in [5.74, 6) is 1.81. The van der Waals surface area contributed by atoms with Gasteiger partial charge in [-0.1, -0.05) is 0 Å². The van der Waals surface area contributed by atoms with Crippen molar-refractivity contribution in [3.8, 4) is 17.2 Å². The topological polar surface area (TPSA) is 54.4 Å². The number of nitrogens with zero attached hydrogens (tertiary/aromatic N) is 2. The van der Waals surface area contributed by atoms with Crippen LogP contribution >= 0.6 is 0 Å². The first kappa shape index (κ1) is 17.9. The van der Waals surface area contributed by atoms with Crippen molar-refractivity contribution in [3.63, 3.8) is 0 Å². The molecule has 0 radical (unpaired) electrons. The molecule has 1 atom stereocenters. The van der Waals surface area contributed by atoms with Gasteiger partial charge in [-0.25, -0.2) is 4.39 Å². The molecule has 2 aliphatic heterocycles. The zero-order chi connectivity index (χ0) is 18.6. The van der Waals surface area contributed by atoms with E-state index < -0.39 is 6.10 Å². The molecule has 2 aliphatic rings. The van der Waals surface area contributed by atoms with E-state index in [0.717, 1.165) is 31.9 Å². The zero-order valence-electron chi connectivity index (χ0n) is 15.0. The van der Waals surface area contributed by atoms with E-state index in [9.17, 15) is 9.50 Å². The molecular weight excluding hydrogens is 351 g/mol. The average molecular weight is 374 g/mol. The van der Waals surface area contributed by atoms with Crippen LogP contribution in [0.3, 0.4) is 0 Å². The normalized spacial score (nSPS) is 17.8. The number of halogens is 1. The van der Waals surface area contributed by atoms with Crippen molar-refractivity contribution in [2.75, 3.05) is 51.0 Å². The summed E-state index contributed by atoms with van der Waals surface area (Å²) in [6, 6.07) is 12.0. The summed E-state index contributed by atoms with van der Waals surface area (Å²) >= 11 is 0. The van der Waals surface area contributed by atoms with E-state index >= 15 is 0 Å². The Morgan fingerprint density at radius 1 is 1.00 bits per heavy atom. The molecule has 2 aromatic rings. The number of rotatable bonds is 6. The van der Waals surface area contributed by atoms with E-state index in [1.807, 2.05) is 6.07 Å². The van der Waals surface area contributed by atoms with Gasteiger partial charge in [0, 0.05) is 44.5 Å². The minimum atomic E-state index is -0.576. The van der Waals surface area contributed by atoms with Gasteiger partial charge in [0.25, 0.3) is 0 Å². The SMILES string of the molecule is O[C@H](COc1ccc2c(c1)OCO2)CN1CCN(c2ccc(F)cc2)CC1. The third-order valence-corrected chi connectivity index (χ3v) is 4.82. The second-order valence-corrected chi connectivity index (χ2v) is 6.74. The Bertz CT molecular complexity index is 763. The number of β-amino-alcohol motifs (C(OH)–C–C–N with tert-alkyl or cyclic N) is 1. The number of fused-ring (bicyclic) bond motifs is 1. The lowest BCUT2D eigenvalue weighted by Gasteiger charge is -2.36. The van der Waals surface area contributed by atoms with Crippen LogP contribution in [0.5, 0.6) is 17.2 Å². The fraction of sp³-hybridized carbons (Fsp3) is 0.400. The molecule has 0 saturated carbocycles. The lowest BCUT2D eigenvalue weighted by Crippen LogP contribution is -2.49. The van der Waals surface area contributed by atoms with Crippen LogP contribution in [0.25, 0.3) is 0 Å². The number of hydrogen-bond donors (Lipinski definition) is 1. The van der Waals surface area contributed by atoms with E-state index in [0.29, 0.717) is 23.8 Å². The fourth-order valence-corrected chi connectivity index (χ4v) is 3.35. The van der Waals surface area contributed by atoms with Crippen LogP contribution < -0.4 is 19.1 Å². The third-order valence-electron chi connectivity index (χ3n) is 4.82. The number of ether oxygens (including phenoxy) is 3. The molecule has 4 rings (SSSR count). The second-order valence-electron chi connectivity index (χ2n) is 6.74. The van der Waals surface area contributed by atoms with Crippen molar-refractivity contribution in [2.24, 2.45) is 0 Å². The maximum atomic E-state index is 13.0. The summed E-state index contributed by atoms with van der Waals surface area (Å²) in [6.07, 6.45) is -0.576. The Kier molecular flexibility index (Phi) is 5.31. The summed E-state index contributed by atoms with van der Waals surface area (Å²) < 4.78 is 29.3. The maximum absolute atomic E-state index is 13.0. The number of hydrogen-bond acceptors (Lipinski definition) is 6. The lowest BCUT2D eigenvalue weighted by molar-refractivity contribution is 0.0662. The average Bonchev–Trinajstić information content (AvgIpc) is 3.15. The van der Waals surface area contributed by atoms with E-state index in [1.165, 1.54) is 12.1 Å². The molecule has 1 saturated heterocycles. The summed E-state index contributed by atoms with van der Waals surface area (Å²) in [5, 5.41) is 10.3. The minimum absolute atomic E-state index is 0.219. The highest BCUT2D eigenvalue weighted by Gasteiger charge is 2.20. The highest BCUT2D eigenvalue weighted by Crippen LogP contribution is 2.35. The van der Waals surface area contributed by atoms with Crippen molar-refractivity contribution in [1.29, 1.82) is 0 Å². The van der Waals surface area contributed by atoms with E-state index in [1.54, 1.807) is 24.3 Å². The summed E-state index contributed by atoms with van der Waals surface area (Å²) in [6.45, 7) is 4.39. The molecule has 2 heterocycles. The first-order chi connectivity index (χ1) is 13.2. The van der Waals surface area contributed by atoms with Gasteiger partial charge in [0.05, 0.1) is 0 Å². The van der Waals surface area contributed by atoms with Gasteiger partial charge in [-0.05, 0) is 36.4 Å². The molecule has 7 heteroatoms. The van der Waals surface area contributed by atoms with Crippen LogP contribution in [0, 0.1) is 5.82 Å². The monoisotopic (exact) mass is 374 g/mol. The fourth-order valence-electron chi connectivity index (χ4n) is 3.35. The maximum Gasteiger partial charge on any atom is 0.231 e. The van der Waals surface area contributed by atoms with Crippen molar-refractivity contribution in [3.05, 3.63) is 48.3 Å². The molecule has 0 bridgehead atoms. The molecule has 6 nitrogen and oxygen atoms in total. The number of anilines is 1. The Labute approximate surface area is 157 Å². The van der Waals surface area contributed by atoms with E-state index in [4.69, 9.17) is 14.2 Å². The molecule has 1 fully saturated rings. The van der Waals surface area contributed by atoms with E-state index in [-0.39, 0.29) is 19.2 Å². The molecule has 0 aromatic heterocycles. The first-order valence-corrected chi connectivity index (χ1v) is 9.11. The predicted molar refractivity (Wildman–Crippen MR) is 99.1 cm³/mol. The summed E-state index contributed by atoms with van der Waals surface area (Å²) in [4.78, 5) is 4.44. The van der Waals surface area contributed by atoms with Gasteiger partial charge >= 0.3 is 0 Å². The second kappa shape index (κ2) is 8.02. The Morgan fingerprint density at radius 2 is 1.74 bits per heavy atom. The molecule has 0 unspecified atom stereocenters. The molecule has 0 aliphatic carbocycles. The minimum Gasteiger partial charge on any atom is -0.491 e. The van der Waals surface area contributed by atoms with Crippen molar-refractivity contribution >= 4 is 5.69 Å². The van der Waals surface area contributed by atoms with E-state index in [2.05, 4.69) is 9.80 Å². The molecule has 2 aromatic carbocycles. The van der Waals surface area contributed by atoms with Gasteiger partial charge in [0.15, 0.2) is 11.5 Å². The molecular formula is C20H23FN2O4. The van der Waals surface area contributed by atoms with Crippen LogP contribution in [0.15, 0.2) is 42.5 Å². The molecule has 27 heavy (non-hydrogen) atoms. The van der Waals surface area contributed by atoms with Crippen LogP contribution in [0.1, 0.15) is 0 Å². The summed E-state index contributed by atoms with van der Waals surface area (Å²) in [7, 11) is 0. The number of benzene rings is 2. The van der Waals surface area contributed by atoms with Gasteiger partial charge in [-0.2, -0.15) is 0 Å². The van der Waals surface area contributed by atoms with Gasteiger partial charge in [0.2, 0.25) is 6.79 Å². The largest absolute Gasteiger partial charge is 0.491 e. The van der Waals surface area contributed by atoms with Gasteiger partial charge in [0.1, 0.15) is 24.3 Å². The van der Waals surface area contributed by atoms with Crippen LogP contribution in [0.4, 0.5) is 10.1 Å².